The molecule has 1 nitrogen and oxygen atoms in total. The molecular weight excluding hydrogens is 142 g/mol. The van der Waals surface area contributed by atoms with Crippen LogP contribution in [0.4, 0.5) is 0 Å². The molecule has 1 rings (SSSR count). The van der Waals surface area contributed by atoms with Crippen LogP contribution in [0.3, 0.4) is 0 Å². The van der Waals surface area contributed by atoms with E-state index in [1.807, 2.05) is 0 Å². The average molecular weight is 159 g/mol. The van der Waals surface area contributed by atoms with Crippen LogP contribution in [0.15, 0.2) is 0 Å². The third-order valence-corrected chi connectivity index (χ3v) is 3.05. The molecule has 0 radical (unpaired) electrons. The van der Waals surface area contributed by atoms with Crippen LogP contribution in [-0.4, -0.2) is 24.1 Å². The first-order valence-corrected chi connectivity index (χ1v) is 5.40. The minimum Gasteiger partial charge on any atom is -0.314 e. The monoisotopic (exact) mass is 159 g/mol. The number of nitrogens with one attached hydrogen (secondary N) is 1. The Morgan fingerprint density at radius 1 is 1.40 bits per heavy atom. The van der Waals surface area contributed by atoms with Gasteiger partial charge in [0.25, 0.3) is 0 Å². The highest BCUT2D eigenvalue weighted by Crippen LogP contribution is 2.16. The molecule has 0 saturated carbocycles. The van der Waals surface area contributed by atoms with Gasteiger partial charge in [-0.25, -0.2) is 0 Å². The van der Waals surface area contributed by atoms with Crippen molar-refractivity contribution in [3.8, 4) is 0 Å². The van der Waals surface area contributed by atoms with Crippen LogP contribution >= 0.6 is 11.8 Å². The van der Waals surface area contributed by atoms with Crippen molar-refractivity contribution in [2.75, 3.05) is 18.1 Å². The van der Waals surface area contributed by atoms with Crippen LogP contribution in [0.2, 0.25) is 0 Å². The Bertz CT molecular complexity index is 77.3. The lowest BCUT2D eigenvalue weighted by Crippen LogP contribution is -2.28. The quantitative estimate of drug-likeness (QED) is 0.660. The highest BCUT2D eigenvalue weighted by Gasteiger charge is 2.09. The van der Waals surface area contributed by atoms with E-state index < -0.39 is 0 Å². The Morgan fingerprint density at radius 3 is 3.10 bits per heavy atom. The number of hydrogen-bond acceptors (Lipinski definition) is 2. The topological polar surface area (TPSA) is 12.0 Å². The van der Waals surface area contributed by atoms with Gasteiger partial charge in [-0.05, 0) is 37.3 Å². The summed E-state index contributed by atoms with van der Waals surface area (Å²) in [5, 5.41) is 3.51. The summed E-state index contributed by atoms with van der Waals surface area (Å²) in [5.41, 5.74) is 0. The average Bonchev–Trinajstić information content (AvgIpc) is 2.17. The minimum absolute atomic E-state index is 0.819. The van der Waals surface area contributed by atoms with Gasteiger partial charge in [0.05, 0.1) is 0 Å². The third kappa shape index (κ3) is 2.93. The summed E-state index contributed by atoms with van der Waals surface area (Å²) >= 11 is 2.11. The molecule has 0 spiro atoms. The SMILES string of the molecule is CCNC1CCCSCC1. The highest BCUT2D eigenvalue weighted by molar-refractivity contribution is 7.99. The first kappa shape index (κ1) is 8.41. The molecule has 1 fully saturated rings. The van der Waals surface area contributed by atoms with E-state index in [0.29, 0.717) is 0 Å². The van der Waals surface area contributed by atoms with Crippen LogP contribution in [0.25, 0.3) is 0 Å². The molecule has 2 heteroatoms. The first-order valence-electron chi connectivity index (χ1n) is 4.24. The van der Waals surface area contributed by atoms with Gasteiger partial charge in [0.1, 0.15) is 0 Å². The molecule has 0 aliphatic carbocycles. The normalized spacial score (nSPS) is 27.9. The van der Waals surface area contributed by atoms with Crippen LogP contribution in [-0.2, 0) is 0 Å². The van der Waals surface area contributed by atoms with E-state index >= 15 is 0 Å². The highest BCUT2D eigenvalue weighted by atomic mass is 32.2. The van der Waals surface area contributed by atoms with Gasteiger partial charge in [0.2, 0.25) is 0 Å². The van der Waals surface area contributed by atoms with Gasteiger partial charge in [-0.3, -0.25) is 0 Å². The molecule has 0 amide bonds. The minimum atomic E-state index is 0.819. The van der Waals surface area contributed by atoms with E-state index in [2.05, 4.69) is 24.0 Å². The van der Waals surface area contributed by atoms with Crippen molar-refractivity contribution in [2.24, 2.45) is 0 Å². The van der Waals surface area contributed by atoms with E-state index in [1.54, 1.807) is 0 Å². The van der Waals surface area contributed by atoms with Crippen LogP contribution in [0.1, 0.15) is 26.2 Å². The molecule has 1 aliphatic heterocycles. The molecule has 1 heterocycles. The van der Waals surface area contributed by atoms with E-state index in [0.717, 1.165) is 12.6 Å². The van der Waals surface area contributed by atoms with E-state index in [4.69, 9.17) is 0 Å². The summed E-state index contributed by atoms with van der Waals surface area (Å²) in [6.07, 6.45) is 4.17. The van der Waals surface area contributed by atoms with E-state index in [-0.39, 0.29) is 0 Å². The fraction of sp³-hybridized carbons (Fsp3) is 1.00. The maximum Gasteiger partial charge on any atom is 0.00750 e. The van der Waals surface area contributed by atoms with Crippen LogP contribution in [0.5, 0.6) is 0 Å². The summed E-state index contributed by atoms with van der Waals surface area (Å²) in [6.45, 7) is 3.33. The number of hydrogen-bond donors (Lipinski definition) is 1. The molecule has 1 N–H and O–H groups in total. The zero-order chi connectivity index (χ0) is 7.23. The van der Waals surface area contributed by atoms with Crippen molar-refractivity contribution >= 4 is 11.8 Å². The van der Waals surface area contributed by atoms with Gasteiger partial charge in [0, 0.05) is 6.04 Å². The molecule has 0 aromatic rings. The zero-order valence-electron chi connectivity index (χ0n) is 6.73. The van der Waals surface area contributed by atoms with Crippen LogP contribution in [0, 0.1) is 0 Å². The summed E-state index contributed by atoms with van der Waals surface area (Å²) in [4.78, 5) is 0. The molecule has 0 aromatic carbocycles. The lowest BCUT2D eigenvalue weighted by Gasteiger charge is -2.13. The molecule has 1 saturated heterocycles. The predicted octanol–water partition coefficient (Wildman–Crippen LogP) is 1.88. The Balaban J connectivity index is 2.15. The smallest absolute Gasteiger partial charge is 0.00750 e. The fourth-order valence-electron chi connectivity index (χ4n) is 1.40. The van der Waals surface area contributed by atoms with Gasteiger partial charge < -0.3 is 5.32 Å². The molecule has 1 unspecified atom stereocenters. The Labute approximate surface area is 68.0 Å². The lowest BCUT2D eigenvalue weighted by molar-refractivity contribution is 0.486. The fourth-order valence-corrected chi connectivity index (χ4v) is 2.42. The Kier molecular flexibility index (Phi) is 4.23. The Hall–Kier alpha value is 0.310. The second-order valence-electron chi connectivity index (χ2n) is 2.80. The number of rotatable bonds is 2. The first-order chi connectivity index (χ1) is 4.93. The number of thioether (sulfide) groups is 1. The summed E-state index contributed by atoms with van der Waals surface area (Å²) in [7, 11) is 0. The molecule has 0 bridgehead atoms. The van der Waals surface area contributed by atoms with Crippen molar-refractivity contribution in [3.63, 3.8) is 0 Å². The van der Waals surface area contributed by atoms with Gasteiger partial charge >= 0.3 is 0 Å². The van der Waals surface area contributed by atoms with Crippen LogP contribution < -0.4 is 5.32 Å². The van der Waals surface area contributed by atoms with Gasteiger partial charge in [-0.15, -0.1) is 0 Å². The summed E-state index contributed by atoms with van der Waals surface area (Å²) in [5.74, 6) is 2.74. The van der Waals surface area contributed by atoms with Crippen molar-refractivity contribution in [2.45, 2.75) is 32.2 Å². The molecule has 1 atom stereocenters. The second kappa shape index (κ2) is 5.03. The maximum absolute atomic E-state index is 3.51. The zero-order valence-corrected chi connectivity index (χ0v) is 7.54. The van der Waals surface area contributed by atoms with Gasteiger partial charge in [-0.1, -0.05) is 6.92 Å². The molecule has 1 aliphatic rings. The maximum atomic E-state index is 3.51. The molecule has 0 aromatic heterocycles. The molecular formula is C8H17NS. The van der Waals surface area contributed by atoms with Gasteiger partial charge in [0.15, 0.2) is 0 Å². The standard InChI is InChI=1S/C8H17NS/c1-2-9-8-4-3-6-10-7-5-8/h8-9H,2-7H2,1H3. The lowest BCUT2D eigenvalue weighted by atomic mass is 10.1. The largest absolute Gasteiger partial charge is 0.314 e. The third-order valence-electron chi connectivity index (χ3n) is 1.94. The summed E-state index contributed by atoms with van der Waals surface area (Å²) < 4.78 is 0. The van der Waals surface area contributed by atoms with Crippen molar-refractivity contribution in [3.05, 3.63) is 0 Å². The molecule has 10 heavy (non-hydrogen) atoms. The van der Waals surface area contributed by atoms with Crippen molar-refractivity contribution in [1.82, 2.24) is 5.32 Å². The second-order valence-corrected chi connectivity index (χ2v) is 4.02. The van der Waals surface area contributed by atoms with Crippen molar-refractivity contribution < 1.29 is 0 Å². The molecule has 60 valence electrons. The van der Waals surface area contributed by atoms with E-state index in [1.165, 1.54) is 30.8 Å². The van der Waals surface area contributed by atoms with E-state index in [9.17, 15) is 0 Å². The predicted molar refractivity (Wildman–Crippen MR) is 48.6 cm³/mol. The summed E-state index contributed by atoms with van der Waals surface area (Å²) in [6, 6.07) is 0.819. The van der Waals surface area contributed by atoms with Gasteiger partial charge in [-0.2, -0.15) is 11.8 Å². The van der Waals surface area contributed by atoms with Crippen molar-refractivity contribution in [1.29, 1.82) is 0 Å². The Morgan fingerprint density at radius 2 is 2.30 bits per heavy atom.